The summed E-state index contributed by atoms with van der Waals surface area (Å²) in [4.78, 5) is 4.28. The Kier molecular flexibility index (Phi) is 3.04. The van der Waals surface area contributed by atoms with E-state index < -0.39 is 0 Å². The Bertz CT molecular complexity index is 70.6. The molecule has 0 aromatic heterocycles. The van der Waals surface area contributed by atoms with Crippen molar-refractivity contribution in [3.8, 4) is 0 Å². The average Bonchev–Trinajstić information content (AvgIpc) is 1.68. The number of rotatable bonds is 2. The highest BCUT2D eigenvalue weighted by molar-refractivity contribution is 5.81. The minimum Gasteiger partial charge on any atom is -0.398 e. The molecule has 0 radical (unpaired) electrons. The summed E-state index contributed by atoms with van der Waals surface area (Å²) in [7, 11) is 1.42. The predicted molar refractivity (Wildman–Crippen MR) is 27.7 cm³/mol. The molecule has 0 aromatic carbocycles. The van der Waals surface area contributed by atoms with Crippen LogP contribution in [0.25, 0.3) is 0 Å². The van der Waals surface area contributed by atoms with Gasteiger partial charge < -0.3 is 16.3 Å². The second kappa shape index (κ2) is 3.42. The zero-order chi connectivity index (χ0) is 5.70. The topological polar surface area (TPSA) is 73.6 Å². The molecule has 4 heteroatoms. The standard InChI is InChI=1S/C3H9N3O/c1-7-6-3(5)2-4/h2,4H2,1H3,(H2,5,6). The molecule has 0 saturated carbocycles. The summed E-state index contributed by atoms with van der Waals surface area (Å²) in [6.07, 6.45) is 0. The highest BCUT2D eigenvalue weighted by Gasteiger charge is 1.80. The van der Waals surface area contributed by atoms with Crippen LogP contribution in [0.15, 0.2) is 5.16 Å². The molecular weight excluding hydrogens is 94.1 g/mol. The second-order valence-electron chi connectivity index (χ2n) is 0.969. The number of nitrogens with two attached hydrogens (primary N) is 2. The lowest BCUT2D eigenvalue weighted by molar-refractivity contribution is 0.212. The Morgan fingerprint density at radius 3 is 2.57 bits per heavy atom. The first-order valence-electron chi connectivity index (χ1n) is 1.86. The van der Waals surface area contributed by atoms with Crippen LogP contribution in [0, 0.1) is 0 Å². The van der Waals surface area contributed by atoms with E-state index in [0.29, 0.717) is 5.84 Å². The summed E-state index contributed by atoms with van der Waals surface area (Å²) in [6, 6.07) is 0. The second-order valence-corrected chi connectivity index (χ2v) is 0.969. The van der Waals surface area contributed by atoms with Gasteiger partial charge in [0.2, 0.25) is 0 Å². The van der Waals surface area contributed by atoms with E-state index in [2.05, 4.69) is 9.99 Å². The maximum atomic E-state index is 5.08. The van der Waals surface area contributed by atoms with Crippen molar-refractivity contribution in [3.05, 3.63) is 0 Å². The molecule has 0 aliphatic heterocycles. The fraction of sp³-hybridized carbons (Fsp3) is 0.667. The minimum absolute atomic E-state index is 0.244. The van der Waals surface area contributed by atoms with Crippen LogP contribution in [-0.2, 0) is 4.84 Å². The van der Waals surface area contributed by atoms with Gasteiger partial charge in [0.15, 0.2) is 5.84 Å². The van der Waals surface area contributed by atoms with Crippen LogP contribution in [-0.4, -0.2) is 19.5 Å². The highest BCUT2D eigenvalue weighted by Crippen LogP contribution is 1.64. The van der Waals surface area contributed by atoms with Gasteiger partial charge in [0.25, 0.3) is 0 Å². The molecule has 0 aromatic rings. The van der Waals surface area contributed by atoms with Gasteiger partial charge in [0.05, 0.1) is 6.54 Å². The molecule has 0 heterocycles. The van der Waals surface area contributed by atoms with E-state index in [1.165, 1.54) is 7.11 Å². The molecule has 0 spiro atoms. The monoisotopic (exact) mass is 103 g/mol. The average molecular weight is 103 g/mol. The zero-order valence-electron chi connectivity index (χ0n) is 4.22. The smallest absolute Gasteiger partial charge is 0.153 e. The Morgan fingerprint density at radius 1 is 1.86 bits per heavy atom. The molecule has 0 amide bonds. The summed E-state index contributed by atoms with van der Waals surface area (Å²) < 4.78 is 0. The van der Waals surface area contributed by atoms with Gasteiger partial charge >= 0.3 is 0 Å². The van der Waals surface area contributed by atoms with E-state index in [4.69, 9.17) is 11.5 Å². The normalized spacial score (nSPS) is 11.4. The predicted octanol–water partition coefficient (Wildman–Crippen LogP) is -1.14. The first-order valence-corrected chi connectivity index (χ1v) is 1.86. The van der Waals surface area contributed by atoms with Gasteiger partial charge in [0.1, 0.15) is 7.11 Å². The Hall–Kier alpha value is -0.770. The van der Waals surface area contributed by atoms with E-state index in [-0.39, 0.29) is 6.54 Å². The van der Waals surface area contributed by atoms with Crippen LogP contribution in [0.1, 0.15) is 0 Å². The molecule has 0 unspecified atom stereocenters. The highest BCUT2D eigenvalue weighted by atomic mass is 16.6. The molecule has 0 saturated heterocycles. The summed E-state index contributed by atoms with van der Waals surface area (Å²) in [5.41, 5.74) is 10.1. The summed E-state index contributed by atoms with van der Waals surface area (Å²) in [5, 5.41) is 3.31. The molecule has 0 atom stereocenters. The van der Waals surface area contributed by atoms with Crippen molar-refractivity contribution in [2.24, 2.45) is 16.6 Å². The quantitative estimate of drug-likeness (QED) is 0.263. The number of hydrogen-bond donors (Lipinski definition) is 2. The SMILES string of the molecule is CON=C(N)CN. The fourth-order valence-electron chi connectivity index (χ4n) is 0.155. The van der Waals surface area contributed by atoms with E-state index in [0.717, 1.165) is 0 Å². The summed E-state index contributed by atoms with van der Waals surface area (Å²) in [5.74, 6) is 0.308. The lowest BCUT2D eigenvalue weighted by atomic mass is 10.6. The molecule has 0 fully saturated rings. The molecule has 7 heavy (non-hydrogen) atoms. The van der Waals surface area contributed by atoms with Crippen LogP contribution >= 0.6 is 0 Å². The largest absolute Gasteiger partial charge is 0.398 e. The summed E-state index contributed by atoms with van der Waals surface area (Å²) >= 11 is 0. The van der Waals surface area contributed by atoms with Gasteiger partial charge in [-0.25, -0.2) is 0 Å². The van der Waals surface area contributed by atoms with Gasteiger partial charge in [0, 0.05) is 0 Å². The third-order valence-corrected chi connectivity index (χ3v) is 0.418. The lowest BCUT2D eigenvalue weighted by Crippen LogP contribution is -2.22. The maximum absolute atomic E-state index is 5.08. The molecule has 0 aliphatic carbocycles. The van der Waals surface area contributed by atoms with E-state index >= 15 is 0 Å². The number of amidine groups is 1. The zero-order valence-corrected chi connectivity index (χ0v) is 4.22. The number of nitrogens with zero attached hydrogens (tertiary/aromatic N) is 1. The van der Waals surface area contributed by atoms with Crippen molar-refractivity contribution in [1.29, 1.82) is 0 Å². The minimum atomic E-state index is 0.244. The molecular formula is C3H9N3O. The third kappa shape index (κ3) is 3.05. The molecule has 4 nitrogen and oxygen atoms in total. The van der Waals surface area contributed by atoms with Gasteiger partial charge in [-0.15, -0.1) is 0 Å². The maximum Gasteiger partial charge on any atom is 0.153 e. The van der Waals surface area contributed by atoms with Gasteiger partial charge in [-0.2, -0.15) is 0 Å². The van der Waals surface area contributed by atoms with Crippen LogP contribution in [0.2, 0.25) is 0 Å². The summed E-state index contributed by atoms with van der Waals surface area (Å²) in [6.45, 7) is 0.244. The molecule has 0 aliphatic rings. The molecule has 42 valence electrons. The molecule has 4 N–H and O–H groups in total. The van der Waals surface area contributed by atoms with E-state index in [1.54, 1.807) is 0 Å². The molecule has 0 bridgehead atoms. The van der Waals surface area contributed by atoms with Crippen molar-refractivity contribution in [2.45, 2.75) is 0 Å². The first-order chi connectivity index (χ1) is 3.31. The van der Waals surface area contributed by atoms with Crippen molar-refractivity contribution >= 4 is 5.84 Å². The van der Waals surface area contributed by atoms with Crippen LogP contribution < -0.4 is 11.5 Å². The van der Waals surface area contributed by atoms with Crippen LogP contribution in [0.5, 0.6) is 0 Å². The fourth-order valence-corrected chi connectivity index (χ4v) is 0.155. The van der Waals surface area contributed by atoms with Crippen molar-refractivity contribution in [1.82, 2.24) is 0 Å². The van der Waals surface area contributed by atoms with Gasteiger partial charge in [-0.1, -0.05) is 5.16 Å². The van der Waals surface area contributed by atoms with Crippen LogP contribution in [0.4, 0.5) is 0 Å². The Balaban J connectivity index is 3.29. The Morgan fingerprint density at radius 2 is 2.43 bits per heavy atom. The van der Waals surface area contributed by atoms with Crippen molar-refractivity contribution in [2.75, 3.05) is 13.7 Å². The van der Waals surface area contributed by atoms with Crippen LogP contribution in [0.3, 0.4) is 0 Å². The number of oxime groups is 1. The van der Waals surface area contributed by atoms with Gasteiger partial charge in [-0.05, 0) is 0 Å². The first kappa shape index (κ1) is 6.23. The Labute approximate surface area is 42.1 Å². The van der Waals surface area contributed by atoms with E-state index in [1.807, 2.05) is 0 Å². The van der Waals surface area contributed by atoms with Crippen molar-refractivity contribution in [3.63, 3.8) is 0 Å². The van der Waals surface area contributed by atoms with Gasteiger partial charge in [-0.3, -0.25) is 0 Å². The third-order valence-electron chi connectivity index (χ3n) is 0.418. The van der Waals surface area contributed by atoms with Crippen molar-refractivity contribution < 1.29 is 4.84 Å². The molecule has 0 rings (SSSR count). The van der Waals surface area contributed by atoms with E-state index in [9.17, 15) is 0 Å². The number of hydrogen-bond acceptors (Lipinski definition) is 3. The lowest BCUT2D eigenvalue weighted by Gasteiger charge is -1.89.